The van der Waals surface area contributed by atoms with Crippen LogP contribution in [0.15, 0.2) is 0 Å². The number of aliphatic hydroxyl groups excluding tert-OH is 4. The molecule has 0 radical (unpaired) electrons. The van der Waals surface area contributed by atoms with Crippen LogP contribution in [0.4, 0.5) is 0 Å². The Morgan fingerprint density at radius 2 is 1.74 bits per heavy atom. The molecule has 10 nitrogen and oxygen atoms in total. The minimum absolute atomic E-state index is 0.790. The summed E-state index contributed by atoms with van der Waals surface area (Å²) in [6.45, 7) is -0.790. The molecular weight excluding hydrogens is 264 g/mol. The second-order valence-electron chi connectivity index (χ2n) is 4.01. The van der Waals surface area contributed by atoms with E-state index in [0.717, 1.165) is 0 Å². The predicted molar refractivity (Wildman–Crippen MR) is 57.0 cm³/mol. The number of rotatable bonds is 5. The van der Waals surface area contributed by atoms with Gasteiger partial charge in [0.1, 0.15) is 18.3 Å². The van der Waals surface area contributed by atoms with Crippen LogP contribution in [0.3, 0.4) is 0 Å². The first-order valence-electron chi connectivity index (χ1n) is 5.34. The molecule has 1 rings (SSSR count). The van der Waals surface area contributed by atoms with E-state index < -0.39 is 55.2 Å². The highest BCUT2D eigenvalue weighted by atomic mass is 16.7. The highest BCUT2D eigenvalue weighted by Gasteiger charge is 2.47. The molecule has 1 fully saturated rings. The number of hydrogen-bond donors (Lipinski definition) is 6. The van der Waals surface area contributed by atoms with Crippen molar-refractivity contribution in [3.05, 3.63) is 0 Å². The SMILES string of the molecule is NC(=O)C(CO)O[C@@H]1OC(C(N)=O)[C@@H](O)C(O)[C@@H]1O. The molecule has 6 atom stereocenters. The first-order valence-corrected chi connectivity index (χ1v) is 5.34. The molecule has 1 aliphatic rings. The van der Waals surface area contributed by atoms with Crippen molar-refractivity contribution in [3.63, 3.8) is 0 Å². The van der Waals surface area contributed by atoms with Gasteiger partial charge < -0.3 is 41.4 Å². The van der Waals surface area contributed by atoms with Crippen LogP contribution in [-0.2, 0) is 19.1 Å². The molecule has 0 aromatic carbocycles. The van der Waals surface area contributed by atoms with Gasteiger partial charge in [0.25, 0.3) is 0 Å². The summed E-state index contributed by atoms with van der Waals surface area (Å²) in [7, 11) is 0. The van der Waals surface area contributed by atoms with Gasteiger partial charge in [-0.2, -0.15) is 0 Å². The quantitative estimate of drug-likeness (QED) is 0.289. The van der Waals surface area contributed by atoms with Crippen LogP contribution in [-0.4, -0.2) is 75.7 Å². The third kappa shape index (κ3) is 3.37. The summed E-state index contributed by atoms with van der Waals surface area (Å²) in [5.74, 6) is -2.12. The second-order valence-corrected chi connectivity index (χ2v) is 4.01. The number of ether oxygens (including phenoxy) is 2. The van der Waals surface area contributed by atoms with Crippen LogP contribution in [0.25, 0.3) is 0 Å². The van der Waals surface area contributed by atoms with Gasteiger partial charge >= 0.3 is 0 Å². The van der Waals surface area contributed by atoms with E-state index in [-0.39, 0.29) is 0 Å². The van der Waals surface area contributed by atoms with Crippen molar-refractivity contribution >= 4 is 11.8 Å². The molecule has 0 bridgehead atoms. The van der Waals surface area contributed by atoms with Crippen LogP contribution in [0.5, 0.6) is 0 Å². The van der Waals surface area contributed by atoms with Crippen molar-refractivity contribution in [2.75, 3.05) is 6.61 Å². The van der Waals surface area contributed by atoms with Crippen molar-refractivity contribution in [3.8, 4) is 0 Å². The summed E-state index contributed by atoms with van der Waals surface area (Å²) in [6, 6.07) is 0. The Balaban J connectivity index is 2.82. The van der Waals surface area contributed by atoms with Gasteiger partial charge in [-0.15, -0.1) is 0 Å². The van der Waals surface area contributed by atoms with E-state index in [4.69, 9.17) is 26.0 Å². The molecule has 110 valence electrons. The van der Waals surface area contributed by atoms with E-state index >= 15 is 0 Å². The maximum Gasteiger partial charge on any atom is 0.249 e. The lowest BCUT2D eigenvalue weighted by Crippen LogP contribution is -2.62. The molecule has 2 amide bonds. The minimum atomic E-state index is -1.77. The number of amides is 2. The van der Waals surface area contributed by atoms with Gasteiger partial charge in [-0.25, -0.2) is 0 Å². The Morgan fingerprint density at radius 1 is 1.16 bits per heavy atom. The zero-order chi connectivity index (χ0) is 14.7. The Morgan fingerprint density at radius 3 is 2.16 bits per heavy atom. The summed E-state index contributed by atoms with van der Waals surface area (Å²) in [5, 5.41) is 37.4. The number of nitrogens with two attached hydrogens (primary N) is 2. The van der Waals surface area contributed by atoms with Gasteiger partial charge in [-0.1, -0.05) is 0 Å². The van der Waals surface area contributed by atoms with Crippen LogP contribution in [0.1, 0.15) is 0 Å². The fourth-order valence-electron chi connectivity index (χ4n) is 1.56. The molecule has 3 unspecified atom stereocenters. The fraction of sp³-hybridized carbons (Fsp3) is 0.778. The highest BCUT2D eigenvalue weighted by molar-refractivity contribution is 5.80. The average Bonchev–Trinajstić information content (AvgIpc) is 2.34. The van der Waals surface area contributed by atoms with Gasteiger partial charge in [0.05, 0.1) is 6.61 Å². The molecule has 0 saturated carbocycles. The molecule has 1 saturated heterocycles. The van der Waals surface area contributed by atoms with Crippen LogP contribution >= 0.6 is 0 Å². The zero-order valence-corrected chi connectivity index (χ0v) is 9.75. The standard InChI is InChI=1S/C9H16N2O8/c10-7(16)2(1-12)18-9-5(15)3(13)4(14)6(19-9)8(11)17/h2-6,9,12-15H,1H2,(H2,10,16)(H2,11,17)/t2?,3?,4-,5-,6?,9+/m0/s1. The molecule has 8 N–H and O–H groups in total. The summed E-state index contributed by atoms with van der Waals surface area (Å²) in [5.41, 5.74) is 9.84. The van der Waals surface area contributed by atoms with Gasteiger partial charge in [0.15, 0.2) is 18.5 Å². The zero-order valence-electron chi connectivity index (χ0n) is 9.75. The van der Waals surface area contributed by atoms with Crippen LogP contribution < -0.4 is 11.5 Å². The van der Waals surface area contributed by atoms with E-state index in [1.807, 2.05) is 0 Å². The van der Waals surface area contributed by atoms with Gasteiger partial charge in [-0.05, 0) is 0 Å². The Bertz CT molecular complexity index is 349. The van der Waals surface area contributed by atoms with Gasteiger partial charge in [0, 0.05) is 0 Å². The monoisotopic (exact) mass is 280 g/mol. The van der Waals surface area contributed by atoms with E-state index in [2.05, 4.69) is 0 Å². The van der Waals surface area contributed by atoms with Crippen LogP contribution in [0.2, 0.25) is 0 Å². The van der Waals surface area contributed by atoms with Crippen molar-refractivity contribution in [1.29, 1.82) is 0 Å². The molecule has 0 spiro atoms. The third-order valence-electron chi connectivity index (χ3n) is 2.63. The van der Waals surface area contributed by atoms with Gasteiger partial charge in [-0.3, -0.25) is 9.59 Å². The normalized spacial score (nSPS) is 36.7. The Kier molecular flexibility index (Phi) is 5.17. The molecule has 0 aliphatic carbocycles. The number of aliphatic hydroxyl groups is 4. The third-order valence-corrected chi connectivity index (χ3v) is 2.63. The maximum absolute atomic E-state index is 11.0. The summed E-state index contributed by atoms with van der Waals surface area (Å²) >= 11 is 0. The van der Waals surface area contributed by atoms with Crippen molar-refractivity contribution < 1.29 is 39.5 Å². The lowest BCUT2D eigenvalue weighted by molar-refractivity contribution is -0.299. The van der Waals surface area contributed by atoms with E-state index in [1.54, 1.807) is 0 Å². The summed E-state index contributed by atoms with van der Waals surface area (Å²) in [4.78, 5) is 21.9. The molecular formula is C9H16N2O8. The van der Waals surface area contributed by atoms with E-state index in [0.29, 0.717) is 0 Å². The lowest BCUT2D eigenvalue weighted by Gasteiger charge is -2.39. The highest BCUT2D eigenvalue weighted by Crippen LogP contribution is 2.22. The lowest BCUT2D eigenvalue weighted by atomic mass is 9.98. The predicted octanol–water partition coefficient (Wildman–Crippen LogP) is -4.86. The number of hydrogen-bond acceptors (Lipinski definition) is 8. The molecule has 0 aromatic rings. The Labute approximate surface area is 107 Å². The summed E-state index contributed by atoms with van der Waals surface area (Å²) in [6.07, 6.45) is -10.1. The largest absolute Gasteiger partial charge is 0.393 e. The fourth-order valence-corrected chi connectivity index (χ4v) is 1.56. The maximum atomic E-state index is 11.0. The Hall–Kier alpha value is -1.30. The molecule has 1 heterocycles. The first-order chi connectivity index (χ1) is 8.79. The van der Waals surface area contributed by atoms with Crippen LogP contribution in [0, 0.1) is 0 Å². The smallest absolute Gasteiger partial charge is 0.249 e. The van der Waals surface area contributed by atoms with E-state index in [9.17, 15) is 24.9 Å². The van der Waals surface area contributed by atoms with Crippen molar-refractivity contribution in [1.82, 2.24) is 0 Å². The number of carbonyl (C=O) groups is 2. The summed E-state index contributed by atoms with van der Waals surface area (Å²) < 4.78 is 9.69. The minimum Gasteiger partial charge on any atom is -0.393 e. The molecule has 0 aromatic heterocycles. The number of carbonyl (C=O) groups excluding carboxylic acids is 2. The van der Waals surface area contributed by atoms with Crippen molar-refractivity contribution in [2.24, 2.45) is 11.5 Å². The van der Waals surface area contributed by atoms with E-state index in [1.165, 1.54) is 0 Å². The second kappa shape index (κ2) is 6.23. The average molecular weight is 280 g/mol. The molecule has 10 heteroatoms. The first kappa shape index (κ1) is 15.8. The van der Waals surface area contributed by atoms with Crippen molar-refractivity contribution in [2.45, 2.75) is 36.8 Å². The molecule has 19 heavy (non-hydrogen) atoms. The number of primary amides is 2. The molecule has 1 aliphatic heterocycles. The van der Waals surface area contributed by atoms with Gasteiger partial charge in [0.2, 0.25) is 11.8 Å². The topological polar surface area (TPSA) is 186 Å².